The van der Waals surface area contributed by atoms with Crippen molar-refractivity contribution in [2.24, 2.45) is 0 Å². The van der Waals surface area contributed by atoms with Crippen molar-refractivity contribution in [3.8, 4) is 11.5 Å². The fourth-order valence-electron chi connectivity index (χ4n) is 2.08. The molecule has 116 valence electrons. The van der Waals surface area contributed by atoms with Crippen molar-refractivity contribution in [1.82, 2.24) is 5.32 Å². The van der Waals surface area contributed by atoms with E-state index in [2.05, 4.69) is 10.1 Å². The smallest absolute Gasteiger partial charge is 0.305 e. The van der Waals surface area contributed by atoms with Crippen molar-refractivity contribution in [3.63, 3.8) is 0 Å². The molecule has 0 fully saturated rings. The van der Waals surface area contributed by atoms with Gasteiger partial charge in [0.2, 0.25) is 0 Å². The van der Waals surface area contributed by atoms with E-state index < -0.39 is 0 Å². The topological polar surface area (TPSA) is 56.8 Å². The predicted molar refractivity (Wildman–Crippen MR) is 80.0 cm³/mol. The number of ether oxygens (including phenoxy) is 3. The van der Waals surface area contributed by atoms with Gasteiger partial charge >= 0.3 is 5.97 Å². The number of esters is 1. The van der Waals surface area contributed by atoms with Gasteiger partial charge in [-0.3, -0.25) is 4.79 Å². The van der Waals surface area contributed by atoms with Crippen LogP contribution in [-0.2, 0) is 16.1 Å². The maximum Gasteiger partial charge on any atom is 0.305 e. The summed E-state index contributed by atoms with van der Waals surface area (Å²) >= 11 is 6.23. The van der Waals surface area contributed by atoms with E-state index in [0.29, 0.717) is 42.7 Å². The highest BCUT2D eigenvalue weighted by molar-refractivity contribution is 6.32. The molecule has 21 heavy (non-hydrogen) atoms. The molecular weight excluding hydrogens is 294 g/mol. The monoisotopic (exact) mass is 313 g/mol. The fourth-order valence-corrected chi connectivity index (χ4v) is 2.37. The Labute approximate surface area is 129 Å². The zero-order valence-electron chi connectivity index (χ0n) is 12.1. The summed E-state index contributed by atoms with van der Waals surface area (Å²) in [5.41, 5.74) is 1.03. The average molecular weight is 314 g/mol. The molecule has 1 heterocycles. The second kappa shape index (κ2) is 8.10. The molecule has 1 aromatic carbocycles. The van der Waals surface area contributed by atoms with Gasteiger partial charge < -0.3 is 19.5 Å². The Hall–Kier alpha value is -1.46. The standard InChI is InChI=1S/C15H20ClNO4/c1-19-14(18)4-2-5-17-10-11-8-12(16)15-13(9-11)20-6-3-7-21-15/h8-9,17H,2-7,10H2,1H3. The minimum atomic E-state index is -0.185. The van der Waals surface area contributed by atoms with Crippen LogP contribution in [0.5, 0.6) is 11.5 Å². The summed E-state index contributed by atoms with van der Waals surface area (Å²) in [5.74, 6) is 1.14. The number of halogens is 1. The maximum absolute atomic E-state index is 11.0. The molecule has 0 saturated carbocycles. The van der Waals surface area contributed by atoms with E-state index in [1.165, 1.54) is 7.11 Å². The normalized spacial score (nSPS) is 13.6. The Morgan fingerprint density at radius 3 is 3.00 bits per heavy atom. The molecule has 0 bridgehead atoms. The van der Waals surface area contributed by atoms with Crippen LogP contribution in [0, 0.1) is 0 Å². The van der Waals surface area contributed by atoms with Crippen LogP contribution in [0.15, 0.2) is 12.1 Å². The second-order valence-corrected chi connectivity index (χ2v) is 5.22. The highest BCUT2D eigenvalue weighted by Gasteiger charge is 2.15. The highest BCUT2D eigenvalue weighted by Crippen LogP contribution is 2.37. The SMILES string of the molecule is COC(=O)CCCNCc1cc(Cl)c2c(c1)OCCCO2. The molecule has 1 aliphatic rings. The number of carbonyl (C=O) groups excluding carboxylic acids is 1. The van der Waals surface area contributed by atoms with Crippen LogP contribution in [0.1, 0.15) is 24.8 Å². The number of carbonyl (C=O) groups is 1. The fraction of sp³-hybridized carbons (Fsp3) is 0.533. The van der Waals surface area contributed by atoms with Gasteiger partial charge in [0.1, 0.15) is 0 Å². The van der Waals surface area contributed by atoms with E-state index in [-0.39, 0.29) is 5.97 Å². The summed E-state index contributed by atoms with van der Waals surface area (Å²) in [7, 11) is 1.40. The Balaban J connectivity index is 1.85. The Morgan fingerprint density at radius 1 is 1.38 bits per heavy atom. The van der Waals surface area contributed by atoms with E-state index in [9.17, 15) is 4.79 Å². The first-order valence-corrected chi connectivity index (χ1v) is 7.44. The van der Waals surface area contributed by atoms with E-state index in [4.69, 9.17) is 21.1 Å². The highest BCUT2D eigenvalue weighted by atomic mass is 35.5. The number of fused-ring (bicyclic) bond motifs is 1. The number of methoxy groups -OCH3 is 1. The summed E-state index contributed by atoms with van der Waals surface area (Å²) in [6, 6.07) is 3.82. The lowest BCUT2D eigenvalue weighted by molar-refractivity contribution is -0.140. The summed E-state index contributed by atoms with van der Waals surface area (Å²) in [6.45, 7) is 2.66. The summed E-state index contributed by atoms with van der Waals surface area (Å²) in [6.07, 6.45) is 2.02. The molecule has 2 rings (SSSR count). The molecule has 1 N–H and O–H groups in total. The van der Waals surface area contributed by atoms with Crippen LogP contribution in [0.2, 0.25) is 5.02 Å². The van der Waals surface area contributed by atoms with Gasteiger partial charge in [0.05, 0.1) is 25.3 Å². The van der Waals surface area contributed by atoms with Gasteiger partial charge in [-0.15, -0.1) is 0 Å². The zero-order chi connectivity index (χ0) is 15.1. The Morgan fingerprint density at radius 2 is 2.19 bits per heavy atom. The molecule has 0 radical (unpaired) electrons. The largest absolute Gasteiger partial charge is 0.489 e. The Bertz CT molecular complexity index is 493. The quantitative estimate of drug-likeness (QED) is 0.646. The average Bonchev–Trinajstić information content (AvgIpc) is 2.72. The molecule has 1 aromatic rings. The van der Waals surface area contributed by atoms with Crippen molar-refractivity contribution in [3.05, 3.63) is 22.7 Å². The third-order valence-corrected chi connectivity index (χ3v) is 3.43. The van der Waals surface area contributed by atoms with Gasteiger partial charge in [0.15, 0.2) is 11.5 Å². The van der Waals surface area contributed by atoms with Crippen molar-refractivity contribution < 1.29 is 19.0 Å². The van der Waals surface area contributed by atoms with Crippen LogP contribution >= 0.6 is 11.6 Å². The molecule has 0 atom stereocenters. The Kier molecular flexibility index (Phi) is 6.14. The number of hydrogen-bond acceptors (Lipinski definition) is 5. The number of hydrogen-bond donors (Lipinski definition) is 1. The van der Waals surface area contributed by atoms with Crippen LogP contribution < -0.4 is 14.8 Å². The minimum Gasteiger partial charge on any atom is -0.489 e. The van der Waals surface area contributed by atoms with Crippen molar-refractivity contribution in [2.45, 2.75) is 25.8 Å². The predicted octanol–water partition coefficient (Wildman–Crippen LogP) is 2.54. The molecular formula is C15H20ClNO4. The molecule has 0 aliphatic carbocycles. The number of nitrogens with one attached hydrogen (secondary N) is 1. The van der Waals surface area contributed by atoms with E-state index >= 15 is 0 Å². The molecule has 0 spiro atoms. The minimum absolute atomic E-state index is 0.185. The van der Waals surface area contributed by atoms with Crippen LogP contribution in [-0.4, -0.2) is 32.8 Å². The lowest BCUT2D eigenvalue weighted by Crippen LogP contribution is -2.16. The lowest BCUT2D eigenvalue weighted by atomic mass is 10.2. The van der Waals surface area contributed by atoms with Gasteiger partial charge in [-0.2, -0.15) is 0 Å². The second-order valence-electron chi connectivity index (χ2n) is 4.81. The molecule has 5 nitrogen and oxygen atoms in total. The van der Waals surface area contributed by atoms with Gasteiger partial charge in [-0.25, -0.2) is 0 Å². The molecule has 1 aliphatic heterocycles. The summed E-state index contributed by atoms with van der Waals surface area (Å²) in [5, 5.41) is 3.84. The van der Waals surface area contributed by atoms with E-state index in [1.54, 1.807) is 0 Å². The van der Waals surface area contributed by atoms with Gasteiger partial charge in [-0.05, 0) is 30.7 Å². The van der Waals surface area contributed by atoms with Crippen molar-refractivity contribution in [2.75, 3.05) is 26.9 Å². The summed E-state index contributed by atoms with van der Waals surface area (Å²) < 4.78 is 15.8. The molecule has 6 heteroatoms. The van der Waals surface area contributed by atoms with E-state index in [1.807, 2.05) is 12.1 Å². The number of benzene rings is 1. The first-order chi connectivity index (χ1) is 10.2. The van der Waals surface area contributed by atoms with Crippen molar-refractivity contribution in [1.29, 1.82) is 0 Å². The summed E-state index contributed by atoms with van der Waals surface area (Å²) in [4.78, 5) is 11.0. The van der Waals surface area contributed by atoms with Gasteiger partial charge in [0.25, 0.3) is 0 Å². The van der Waals surface area contributed by atoms with Gasteiger partial charge in [-0.1, -0.05) is 11.6 Å². The molecule has 0 saturated heterocycles. The number of rotatable bonds is 6. The third-order valence-electron chi connectivity index (χ3n) is 3.15. The maximum atomic E-state index is 11.0. The first-order valence-electron chi connectivity index (χ1n) is 7.06. The molecule has 0 unspecified atom stereocenters. The first kappa shape index (κ1) is 15.9. The van der Waals surface area contributed by atoms with Crippen molar-refractivity contribution >= 4 is 17.6 Å². The molecule has 0 amide bonds. The third kappa shape index (κ3) is 4.79. The van der Waals surface area contributed by atoms with Crippen LogP contribution in [0.25, 0.3) is 0 Å². The van der Waals surface area contributed by atoms with Gasteiger partial charge in [0, 0.05) is 19.4 Å². The van der Waals surface area contributed by atoms with E-state index in [0.717, 1.165) is 24.9 Å². The van der Waals surface area contributed by atoms with Crippen LogP contribution in [0.4, 0.5) is 0 Å². The molecule has 0 aromatic heterocycles. The lowest BCUT2D eigenvalue weighted by Gasteiger charge is -2.12. The zero-order valence-corrected chi connectivity index (χ0v) is 12.9. The van der Waals surface area contributed by atoms with Crippen LogP contribution in [0.3, 0.4) is 0 Å².